The van der Waals surface area contributed by atoms with Crippen LogP contribution in [0.5, 0.6) is 0 Å². The monoisotopic (exact) mass is 565 g/mol. The van der Waals surface area contributed by atoms with Gasteiger partial charge in [-0.05, 0) is 61.4 Å². The van der Waals surface area contributed by atoms with Crippen LogP contribution in [0.15, 0.2) is 124 Å². The molecule has 1 N–H and O–H groups in total. The largest absolute Gasteiger partial charge is 0.294 e. The predicted molar refractivity (Wildman–Crippen MR) is 148 cm³/mol. The van der Waals surface area contributed by atoms with Crippen LogP contribution in [0.3, 0.4) is 0 Å². The number of nitrogens with one attached hydrogen (secondary N) is 1. The fourth-order valence-electron chi connectivity index (χ4n) is 4.12. The molecule has 0 saturated heterocycles. The maximum absolute atomic E-state index is 15.1. The van der Waals surface area contributed by atoms with E-state index in [9.17, 15) is 21.6 Å². The van der Waals surface area contributed by atoms with Crippen LogP contribution in [-0.4, -0.2) is 34.8 Å². The highest BCUT2D eigenvalue weighted by Crippen LogP contribution is 2.28. The van der Waals surface area contributed by atoms with Gasteiger partial charge in [-0.25, -0.2) is 25.9 Å². The van der Waals surface area contributed by atoms with Gasteiger partial charge in [-0.3, -0.25) is 4.79 Å². The summed E-state index contributed by atoms with van der Waals surface area (Å²) in [5.41, 5.74) is 0.0987. The molecule has 0 spiro atoms. The van der Waals surface area contributed by atoms with E-state index in [0.717, 1.165) is 23.3 Å². The van der Waals surface area contributed by atoms with E-state index in [0.29, 0.717) is 0 Å². The number of sulfone groups is 1. The van der Waals surface area contributed by atoms with Gasteiger partial charge in [-0.15, -0.1) is 0 Å². The molecule has 4 aromatic rings. The number of carbonyl (C=O) groups excluding carboxylic acids is 1. The molecule has 1 unspecified atom stereocenters. The number of halogens is 1. The molecule has 4 aromatic carbocycles. The second-order valence-electron chi connectivity index (χ2n) is 9.56. The van der Waals surface area contributed by atoms with Gasteiger partial charge < -0.3 is 0 Å². The van der Waals surface area contributed by atoms with Crippen LogP contribution in [-0.2, 0) is 19.9 Å². The Morgan fingerprint density at radius 3 is 1.69 bits per heavy atom. The van der Waals surface area contributed by atoms with Gasteiger partial charge >= 0.3 is 0 Å². The number of sulfonamides is 1. The Kier molecular flexibility index (Phi) is 8.15. The second-order valence-corrected chi connectivity index (χ2v) is 13.3. The van der Waals surface area contributed by atoms with Crippen molar-refractivity contribution >= 4 is 25.6 Å². The van der Waals surface area contributed by atoms with Crippen molar-refractivity contribution in [1.82, 2.24) is 4.72 Å². The number of Topliss-reactive ketones (excluding diaryl/α,β-unsaturated/α-hetero) is 1. The van der Waals surface area contributed by atoms with Gasteiger partial charge in [0.05, 0.1) is 20.6 Å². The van der Waals surface area contributed by atoms with Crippen molar-refractivity contribution < 1.29 is 26.0 Å². The Bertz CT molecular complexity index is 1650. The van der Waals surface area contributed by atoms with Crippen LogP contribution >= 0.6 is 0 Å². The first-order valence-electron chi connectivity index (χ1n) is 12.2. The summed E-state index contributed by atoms with van der Waals surface area (Å²) in [7, 11) is -7.98. The first kappa shape index (κ1) is 28.4. The van der Waals surface area contributed by atoms with Crippen LogP contribution < -0.4 is 4.72 Å². The van der Waals surface area contributed by atoms with E-state index in [1.165, 1.54) is 38.1 Å². The summed E-state index contributed by atoms with van der Waals surface area (Å²) in [6.45, 7) is 1.98. The third-order valence-electron chi connectivity index (χ3n) is 6.40. The van der Waals surface area contributed by atoms with Gasteiger partial charge in [0, 0.05) is 12.1 Å². The summed E-state index contributed by atoms with van der Waals surface area (Å²) in [6.07, 6.45) is 0. The lowest BCUT2D eigenvalue weighted by Crippen LogP contribution is -2.42. The summed E-state index contributed by atoms with van der Waals surface area (Å²) in [4.78, 5) is 13.1. The molecule has 0 aliphatic heterocycles. The number of carbonyl (C=O) groups is 1. The van der Waals surface area contributed by atoms with Crippen LogP contribution in [0.2, 0.25) is 0 Å². The number of ketones is 1. The molecule has 39 heavy (non-hydrogen) atoms. The third-order valence-corrected chi connectivity index (χ3v) is 9.62. The fourth-order valence-corrected chi connectivity index (χ4v) is 6.45. The average molecular weight is 566 g/mol. The molecule has 4 rings (SSSR count). The lowest BCUT2D eigenvalue weighted by atomic mass is 9.85. The van der Waals surface area contributed by atoms with Crippen LogP contribution in [0.25, 0.3) is 11.1 Å². The average Bonchev–Trinajstić information content (AvgIpc) is 2.93. The normalized spacial score (nSPS) is 13.1. The molecule has 0 aliphatic carbocycles. The molecule has 0 heterocycles. The van der Waals surface area contributed by atoms with Crippen molar-refractivity contribution in [3.05, 3.63) is 115 Å². The standard InChI is InChI=1S/C30H28FNO5S2/c1-30(2,31)28(29(33)24-15-13-23(14-16-24)22-9-5-3-6-10-22)21-32-39(36,37)27-19-17-26(18-20-27)38(34,35)25-11-7-4-8-12-25/h3-20,28,32H,21H2,1-2H3. The molecule has 9 heteroatoms. The molecule has 0 radical (unpaired) electrons. The Morgan fingerprint density at radius 2 is 1.15 bits per heavy atom. The van der Waals surface area contributed by atoms with Crippen molar-refractivity contribution in [3.63, 3.8) is 0 Å². The Morgan fingerprint density at radius 1 is 0.692 bits per heavy atom. The van der Waals surface area contributed by atoms with Gasteiger partial charge in [-0.2, -0.15) is 0 Å². The summed E-state index contributed by atoms with van der Waals surface area (Å²) in [5.74, 6) is -1.83. The lowest BCUT2D eigenvalue weighted by molar-refractivity contribution is 0.0706. The first-order chi connectivity index (χ1) is 18.4. The van der Waals surface area contributed by atoms with E-state index < -0.39 is 43.8 Å². The van der Waals surface area contributed by atoms with Crippen LogP contribution in [0.4, 0.5) is 4.39 Å². The molecule has 0 amide bonds. The zero-order chi connectivity index (χ0) is 28.3. The van der Waals surface area contributed by atoms with Crippen LogP contribution in [0.1, 0.15) is 24.2 Å². The summed E-state index contributed by atoms with van der Waals surface area (Å²) < 4.78 is 69.0. The van der Waals surface area contributed by atoms with E-state index in [1.54, 1.807) is 42.5 Å². The van der Waals surface area contributed by atoms with Crippen molar-refractivity contribution in [2.45, 2.75) is 34.2 Å². The second kappa shape index (κ2) is 11.2. The molecule has 0 fully saturated rings. The highest BCUT2D eigenvalue weighted by atomic mass is 32.2. The molecular weight excluding hydrogens is 537 g/mol. The number of hydrogen-bond donors (Lipinski definition) is 1. The molecule has 1 atom stereocenters. The van der Waals surface area contributed by atoms with Crippen molar-refractivity contribution in [1.29, 1.82) is 0 Å². The predicted octanol–water partition coefficient (Wildman–Crippen LogP) is 5.71. The summed E-state index contributed by atoms with van der Waals surface area (Å²) in [5, 5.41) is 0. The number of rotatable bonds is 10. The van der Waals surface area contributed by atoms with Gasteiger partial charge in [0.25, 0.3) is 0 Å². The molecule has 0 saturated carbocycles. The van der Waals surface area contributed by atoms with E-state index in [1.807, 2.05) is 30.3 Å². The minimum Gasteiger partial charge on any atom is -0.294 e. The fraction of sp³-hybridized carbons (Fsp3) is 0.167. The van der Waals surface area contributed by atoms with E-state index >= 15 is 4.39 Å². The summed E-state index contributed by atoms with van der Waals surface area (Å²) >= 11 is 0. The third kappa shape index (κ3) is 6.50. The zero-order valence-electron chi connectivity index (χ0n) is 21.4. The number of alkyl halides is 1. The van der Waals surface area contributed by atoms with E-state index in [-0.39, 0.29) is 20.2 Å². The van der Waals surface area contributed by atoms with Crippen molar-refractivity contribution in [2.24, 2.45) is 5.92 Å². The minimum absolute atomic E-state index is 0.0652. The number of hydrogen-bond acceptors (Lipinski definition) is 5. The highest BCUT2D eigenvalue weighted by Gasteiger charge is 2.36. The highest BCUT2D eigenvalue weighted by molar-refractivity contribution is 7.91. The molecule has 0 bridgehead atoms. The topological polar surface area (TPSA) is 97.4 Å². The Labute approximate surface area is 228 Å². The van der Waals surface area contributed by atoms with Crippen molar-refractivity contribution in [2.75, 3.05) is 6.54 Å². The van der Waals surface area contributed by atoms with Crippen LogP contribution in [0, 0.1) is 5.92 Å². The molecular formula is C30H28FNO5S2. The van der Waals surface area contributed by atoms with E-state index in [2.05, 4.69) is 4.72 Å². The molecule has 0 aliphatic rings. The quantitative estimate of drug-likeness (QED) is 0.248. The summed E-state index contributed by atoms with van der Waals surface area (Å²) in [6, 6.07) is 28.8. The van der Waals surface area contributed by atoms with Gasteiger partial charge in [0.1, 0.15) is 5.67 Å². The van der Waals surface area contributed by atoms with Gasteiger partial charge in [0.15, 0.2) is 5.78 Å². The van der Waals surface area contributed by atoms with Gasteiger partial charge in [0.2, 0.25) is 19.9 Å². The van der Waals surface area contributed by atoms with Crippen molar-refractivity contribution in [3.8, 4) is 11.1 Å². The van der Waals surface area contributed by atoms with Gasteiger partial charge in [-0.1, -0.05) is 72.8 Å². The molecule has 202 valence electrons. The minimum atomic E-state index is -4.16. The number of benzene rings is 4. The molecule has 0 aromatic heterocycles. The Hall–Kier alpha value is -3.66. The smallest absolute Gasteiger partial charge is 0.240 e. The first-order valence-corrected chi connectivity index (χ1v) is 15.1. The Balaban J connectivity index is 1.50. The van der Waals surface area contributed by atoms with E-state index in [4.69, 9.17) is 0 Å². The maximum Gasteiger partial charge on any atom is 0.240 e. The zero-order valence-corrected chi connectivity index (χ0v) is 23.0. The maximum atomic E-state index is 15.1. The molecule has 6 nitrogen and oxygen atoms in total. The lowest BCUT2D eigenvalue weighted by Gasteiger charge is -2.26. The SMILES string of the molecule is CC(C)(F)C(CNS(=O)(=O)c1ccc(S(=O)(=O)c2ccccc2)cc1)C(=O)c1ccc(-c2ccccc2)cc1.